The van der Waals surface area contributed by atoms with E-state index in [1.54, 1.807) is 0 Å². The van der Waals surface area contributed by atoms with Crippen molar-refractivity contribution in [2.45, 2.75) is 25.0 Å². The number of nitrogens with two attached hydrogens (primary N) is 1. The molecule has 3 unspecified atom stereocenters. The van der Waals surface area contributed by atoms with Gasteiger partial charge in [0, 0.05) is 19.5 Å². The summed E-state index contributed by atoms with van der Waals surface area (Å²) in [7, 11) is 0. The Morgan fingerprint density at radius 1 is 1.44 bits per heavy atom. The number of likely N-dealkylation sites (tertiary alicyclic amines) is 1. The van der Waals surface area contributed by atoms with E-state index in [0.29, 0.717) is 6.54 Å². The van der Waals surface area contributed by atoms with E-state index in [1.165, 1.54) is 4.90 Å². The molecule has 2 saturated heterocycles. The zero-order valence-corrected chi connectivity index (χ0v) is 9.06. The van der Waals surface area contributed by atoms with Gasteiger partial charge in [-0.05, 0) is 13.0 Å². The number of aliphatic hydroxyl groups is 1. The quantitative estimate of drug-likeness (QED) is 0.510. The summed E-state index contributed by atoms with van der Waals surface area (Å²) in [5.74, 6) is -0.673. The van der Waals surface area contributed by atoms with E-state index in [2.05, 4.69) is 5.32 Å². The monoisotopic (exact) mass is 227 g/mol. The number of β-amino-alcohol motifs (C(OH)–C–C–N with tert-alkyl or cyclic N) is 1. The molecule has 6 heteroatoms. The highest BCUT2D eigenvalue weighted by Crippen LogP contribution is 2.22. The molecule has 3 atom stereocenters. The molecule has 0 saturated carbocycles. The SMILES string of the molecule is NC(=O)C1CC(O)CN1C(=O)C1CCNC1. The standard InChI is InChI=1S/C10H17N3O3/c11-9(15)8-3-7(14)5-13(8)10(16)6-1-2-12-4-6/h6-8,12,14H,1-5H2,(H2,11,15). The van der Waals surface area contributed by atoms with E-state index in [0.717, 1.165) is 13.0 Å². The van der Waals surface area contributed by atoms with Gasteiger partial charge in [-0.3, -0.25) is 9.59 Å². The lowest BCUT2D eigenvalue weighted by Gasteiger charge is -2.24. The average Bonchev–Trinajstić information content (AvgIpc) is 2.84. The Bertz CT molecular complexity index is 302. The molecule has 2 amide bonds. The molecule has 0 aromatic carbocycles. The van der Waals surface area contributed by atoms with Crippen LogP contribution in [0.25, 0.3) is 0 Å². The maximum absolute atomic E-state index is 12.1. The van der Waals surface area contributed by atoms with Gasteiger partial charge in [-0.1, -0.05) is 0 Å². The van der Waals surface area contributed by atoms with E-state index < -0.39 is 18.1 Å². The van der Waals surface area contributed by atoms with E-state index in [1.807, 2.05) is 0 Å². The van der Waals surface area contributed by atoms with Crippen molar-refractivity contribution in [1.29, 1.82) is 0 Å². The molecule has 16 heavy (non-hydrogen) atoms. The van der Waals surface area contributed by atoms with E-state index in [-0.39, 0.29) is 24.8 Å². The van der Waals surface area contributed by atoms with Crippen LogP contribution in [0.5, 0.6) is 0 Å². The summed E-state index contributed by atoms with van der Waals surface area (Å²) in [4.78, 5) is 24.7. The molecule has 0 aromatic heterocycles. The van der Waals surface area contributed by atoms with Crippen molar-refractivity contribution in [2.24, 2.45) is 11.7 Å². The van der Waals surface area contributed by atoms with E-state index in [4.69, 9.17) is 5.73 Å². The van der Waals surface area contributed by atoms with Crippen molar-refractivity contribution in [3.8, 4) is 0 Å². The molecular weight excluding hydrogens is 210 g/mol. The molecule has 2 heterocycles. The van der Waals surface area contributed by atoms with E-state index in [9.17, 15) is 14.7 Å². The highest BCUT2D eigenvalue weighted by molar-refractivity contribution is 5.88. The first kappa shape index (κ1) is 11.3. The maximum atomic E-state index is 12.1. The Morgan fingerprint density at radius 3 is 2.75 bits per heavy atom. The second-order valence-electron chi connectivity index (χ2n) is 4.49. The van der Waals surface area contributed by atoms with Crippen LogP contribution in [-0.4, -0.2) is 53.6 Å². The summed E-state index contributed by atoms with van der Waals surface area (Å²) >= 11 is 0. The number of hydrogen-bond donors (Lipinski definition) is 3. The van der Waals surface area contributed by atoms with Gasteiger partial charge in [0.05, 0.1) is 12.0 Å². The molecule has 2 rings (SSSR count). The minimum absolute atomic E-state index is 0.0645. The number of rotatable bonds is 2. The molecule has 0 aromatic rings. The summed E-state index contributed by atoms with van der Waals surface area (Å²) in [6.45, 7) is 1.70. The summed E-state index contributed by atoms with van der Waals surface area (Å²) in [5, 5.41) is 12.6. The minimum Gasteiger partial charge on any atom is -0.391 e. The number of primary amides is 1. The van der Waals surface area contributed by atoms with Crippen LogP contribution in [-0.2, 0) is 9.59 Å². The smallest absolute Gasteiger partial charge is 0.240 e. The molecule has 6 nitrogen and oxygen atoms in total. The fraction of sp³-hybridized carbons (Fsp3) is 0.800. The predicted octanol–water partition coefficient (Wildman–Crippen LogP) is -1.96. The number of hydrogen-bond acceptors (Lipinski definition) is 4. The van der Waals surface area contributed by atoms with Gasteiger partial charge in [-0.25, -0.2) is 0 Å². The lowest BCUT2D eigenvalue weighted by molar-refractivity contribution is -0.140. The zero-order chi connectivity index (χ0) is 11.7. The second kappa shape index (κ2) is 4.39. The Hall–Kier alpha value is -1.14. The summed E-state index contributed by atoms with van der Waals surface area (Å²) < 4.78 is 0. The molecule has 90 valence electrons. The topological polar surface area (TPSA) is 95.7 Å². The van der Waals surface area contributed by atoms with Gasteiger partial charge in [0.15, 0.2) is 0 Å². The second-order valence-corrected chi connectivity index (χ2v) is 4.49. The van der Waals surface area contributed by atoms with Crippen LogP contribution in [0.1, 0.15) is 12.8 Å². The Morgan fingerprint density at radius 2 is 2.19 bits per heavy atom. The molecule has 2 aliphatic rings. The van der Waals surface area contributed by atoms with Gasteiger partial charge in [0.2, 0.25) is 11.8 Å². The van der Waals surface area contributed by atoms with Crippen molar-refractivity contribution in [3.05, 3.63) is 0 Å². The molecule has 2 aliphatic heterocycles. The predicted molar refractivity (Wildman–Crippen MR) is 56.3 cm³/mol. The fourth-order valence-corrected chi connectivity index (χ4v) is 2.43. The van der Waals surface area contributed by atoms with Gasteiger partial charge in [0.1, 0.15) is 6.04 Å². The van der Waals surface area contributed by atoms with Crippen LogP contribution in [0.4, 0.5) is 0 Å². The number of aliphatic hydroxyl groups excluding tert-OH is 1. The number of amides is 2. The van der Waals surface area contributed by atoms with Crippen molar-refractivity contribution in [3.63, 3.8) is 0 Å². The first-order valence-electron chi connectivity index (χ1n) is 5.58. The largest absolute Gasteiger partial charge is 0.391 e. The molecule has 0 radical (unpaired) electrons. The Balaban J connectivity index is 2.06. The van der Waals surface area contributed by atoms with Crippen molar-refractivity contribution >= 4 is 11.8 Å². The van der Waals surface area contributed by atoms with Crippen molar-refractivity contribution in [2.75, 3.05) is 19.6 Å². The number of nitrogens with one attached hydrogen (secondary N) is 1. The molecule has 0 spiro atoms. The van der Waals surface area contributed by atoms with Gasteiger partial charge in [0.25, 0.3) is 0 Å². The van der Waals surface area contributed by atoms with Gasteiger partial charge < -0.3 is 21.1 Å². The molecule has 4 N–H and O–H groups in total. The lowest BCUT2D eigenvalue weighted by Crippen LogP contribution is -2.46. The van der Waals surface area contributed by atoms with Crippen LogP contribution >= 0.6 is 0 Å². The third kappa shape index (κ3) is 2.03. The van der Waals surface area contributed by atoms with Gasteiger partial charge in [-0.2, -0.15) is 0 Å². The third-order valence-corrected chi connectivity index (χ3v) is 3.30. The third-order valence-electron chi connectivity index (χ3n) is 3.30. The lowest BCUT2D eigenvalue weighted by atomic mass is 10.1. The van der Waals surface area contributed by atoms with Crippen molar-refractivity contribution < 1.29 is 14.7 Å². The first-order valence-corrected chi connectivity index (χ1v) is 5.58. The first-order chi connectivity index (χ1) is 7.59. The van der Waals surface area contributed by atoms with Crippen LogP contribution in [0, 0.1) is 5.92 Å². The van der Waals surface area contributed by atoms with Gasteiger partial charge >= 0.3 is 0 Å². The number of nitrogens with zero attached hydrogens (tertiary/aromatic N) is 1. The molecule has 0 bridgehead atoms. The molecular formula is C10H17N3O3. The van der Waals surface area contributed by atoms with Crippen LogP contribution in [0.3, 0.4) is 0 Å². The average molecular weight is 227 g/mol. The summed E-state index contributed by atoms with van der Waals surface area (Å²) in [6.07, 6.45) is 0.425. The Labute approximate surface area is 93.8 Å². The molecule has 2 fully saturated rings. The zero-order valence-electron chi connectivity index (χ0n) is 9.06. The highest BCUT2D eigenvalue weighted by atomic mass is 16.3. The summed E-state index contributed by atoms with van der Waals surface area (Å²) in [5.41, 5.74) is 5.23. The maximum Gasteiger partial charge on any atom is 0.240 e. The van der Waals surface area contributed by atoms with Crippen LogP contribution in [0.2, 0.25) is 0 Å². The Kier molecular flexibility index (Phi) is 3.11. The van der Waals surface area contributed by atoms with Crippen molar-refractivity contribution in [1.82, 2.24) is 10.2 Å². The van der Waals surface area contributed by atoms with E-state index >= 15 is 0 Å². The number of carbonyl (C=O) groups is 2. The van der Waals surface area contributed by atoms with Gasteiger partial charge in [-0.15, -0.1) is 0 Å². The summed E-state index contributed by atoms with van der Waals surface area (Å²) in [6, 6.07) is -0.636. The highest BCUT2D eigenvalue weighted by Gasteiger charge is 2.40. The van der Waals surface area contributed by atoms with Crippen LogP contribution in [0.15, 0.2) is 0 Å². The fourth-order valence-electron chi connectivity index (χ4n) is 2.43. The molecule has 0 aliphatic carbocycles. The minimum atomic E-state index is -0.636. The number of carbonyl (C=O) groups excluding carboxylic acids is 2. The van der Waals surface area contributed by atoms with Crippen LogP contribution < -0.4 is 11.1 Å². The normalized spacial score (nSPS) is 34.3.